The average molecular weight is 354 g/mol. The molecule has 0 amide bonds. The van der Waals surface area contributed by atoms with E-state index in [0.717, 1.165) is 18.4 Å². The standard InChI is InChI=1S/C20H35NO2S/c1-3-4-5-6-7-8-9-10-11-15-18-21(24(2,22)23)19-20-16-13-12-14-17-20/h12-14,16-17H,3-11,15,18-19H2,1-2H3. The SMILES string of the molecule is CCCCCCCCCCCCN(Cc1ccccc1)S(C)(=O)=O. The second-order valence-electron chi connectivity index (χ2n) is 6.76. The van der Waals surface area contributed by atoms with Gasteiger partial charge in [0.05, 0.1) is 6.26 Å². The van der Waals surface area contributed by atoms with Crippen LogP contribution in [-0.2, 0) is 16.6 Å². The molecule has 1 aromatic rings. The summed E-state index contributed by atoms with van der Waals surface area (Å²) in [5.74, 6) is 0. The Kier molecular flexibility index (Phi) is 11.0. The van der Waals surface area contributed by atoms with E-state index in [4.69, 9.17) is 0 Å². The summed E-state index contributed by atoms with van der Waals surface area (Å²) in [6.07, 6.45) is 14.0. The lowest BCUT2D eigenvalue weighted by Crippen LogP contribution is -2.30. The van der Waals surface area contributed by atoms with Crippen molar-refractivity contribution in [3.05, 3.63) is 35.9 Å². The molecule has 0 aliphatic heterocycles. The summed E-state index contributed by atoms with van der Waals surface area (Å²) in [5.41, 5.74) is 1.05. The van der Waals surface area contributed by atoms with Gasteiger partial charge in [-0.1, -0.05) is 95.0 Å². The molecule has 4 heteroatoms. The second-order valence-corrected chi connectivity index (χ2v) is 8.75. The highest BCUT2D eigenvalue weighted by molar-refractivity contribution is 7.88. The van der Waals surface area contributed by atoms with Gasteiger partial charge in [-0.15, -0.1) is 0 Å². The zero-order chi connectivity index (χ0) is 17.7. The Hall–Kier alpha value is -0.870. The largest absolute Gasteiger partial charge is 0.212 e. The molecule has 0 aliphatic rings. The van der Waals surface area contributed by atoms with Gasteiger partial charge in [0.25, 0.3) is 0 Å². The smallest absolute Gasteiger partial charge is 0.211 e. The van der Waals surface area contributed by atoms with E-state index in [0.29, 0.717) is 13.1 Å². The van der Waals surface area contributed by atoms with Crippen molar-refractivity contribution in [1.82, 2.24) is 4.31 Å². The van der Waals surface area contributed by atoms with E-state index in [1.54, 1.807) is 4.31 Å². The lowest BCUT2D eigenvalue weighted by Gasteiger charge is -2.20. The molecule has 1 aromatic carbocycles. The predicted octanol–water partition coefficient (Wildman–Crippen LogP) is 5.37. The van der Waals surface area contributed by atoms with Crippen molar-refractivity contribution in [3.8, 4) is 0 Å². The Bertz CT molecular complexity index is 514. The molecule has 0 aliphatic carbocycles. The van der Waals surface area contributed by atoms with Crippen molar-refractivity contribution >= 4 is 10.0 Å². The normalized spacial score (nSPS) is 12.0. The maximum absolute atomic E-state index is 12.0. The van der Waals surface area contributed by atoms with Gasteiger partial charge >= 0.3 is 0 Å². The zero-order valence-electron chi connectivity index (χ0n) is 15.5. The second kappa shape index (κ2) is 12.5. The highest BCUT2D eigenvalue weighted by atomic mass is 32.2. The van der Waals surface area contributed by atoms with Gasteiger partial charge in [0.15, 0.2) is 0 Å². The van der Waals surface area contributed by atoms with E-state index < -0.39 is 10.0 Å². The third-order valence-electron chi connectivity index (χ3n) is 4.43. The summed E-state index contributed by atoms with van der Waals surface area (Å²) in [4.78, 5) is 0. The predicted molar refractivity (Wildman–Crippen MR) is 104 cm³/mol. The molecule has 0 heterocycles. The highest BCUT2D eigenvalue weighted by Crippen LogP contribution is 2.13. The van der Waals surface area contributed by atoms with E-state index in [9.17, 15) is 8.42 Å². The first kappa shape index (κ1) is 21.2. The van der Waals surface area contributed by atoms with E-state index in [2.05, 4.69) is 6.92 Å². The molecule has 24 heavy (non-hydrogen) atoms. The van der Waals surface area contributed by atoms with Crippen LogP contribution in [-0.4, -0.2) is 25.5 Å². The number of hydrogen-bond acceptors (Lipinski definition) is 2. The maximum atomic E-state index is 12.0. The zero-order valence-corrected chi connectivity index (χ0v) is 16.4. The minimum Gasteiger partial charge on any atom is -0.212 e. The number of nitrogens with zero attached hydrogens (tertiary/aromatic N) is 1. The monoisotopic (exact) mass is 353 g/mol. The molecule has 3 nitrogen and oxygen atoms in total. The van der Waals surface area contributed by atoms with Gasteiger partial charge in [0.1, 0.15) is 0 Å². The summed E-state index contributed by atoms with van der Waals surface area (Å²) in [6, 6.07) is 9.83. The molecule has 0 N–H and O–H groups in total. The maximum Gasteiger partial charge on any atom is 0.211 e. The Morgan fingerprint density at radius 2 is 1.29 bits per heavy atom. The number of rotatable bonds is 14. The lowest BCUT2D eigenvalue weighted by atomic mass is 10.1. The molecule has 0 radical (unpaired) electrons. The van der Waals surface area contributed by atoms with Crippen LogP contribution in [0.5, 0.6) is 0 Å². The van der Waals surface area contributed by atoms with E-state index in [1.165, 1.54) is 57.6 Å². The molecule has 0 fully saturated rings. The van der Waals surface area contributed by atoms with Crippen LogP contribution in [0.1, 0.15) is 76.7 Å². The van der Waals surface area contributed by atoms with Gasteiger partial charge in [-0.2, -0.15) is 4.31 Å². The molecule has 0 saturated carbocycles. The summed E-state index contributed by atoms with van der Waals surface area (Å²) in [7, 11) is -3.14. The number of unbranched alkanes of at least 4 members (excludes halogenated alkanes) is 9. The molecule has 0 aromatic heterocycles. The first-order chi connectivity index (χ1) is 11.5. The van der Waals surface area contributed by atoms with E-state index in [1.807, 2.05) is 30.3 Å². The van der Waals surface area contributed by atoms with E-state index >= 15 is 0 Å². The number of benzene rings is 1. The van der Waals surface area contributed by atoms with Crippen LogP contribution in [0.3, 0.4) is 0 Å². The van der Waals surface area contributed by atoms with Gasteiger partial charge < -0.3 is 0 Å². The molecule has 138 valence electrons. The minimum absolute atomic E-state index is 0.483. The van der Waals surface area contributed by atoms with Crippen molar-refractivity contribution in [3.63, 3.8) is 0 Å². The van der Waals surface area contributed by atoms with Crippen LogP contribution in [0.25, 0.3) is 0 Å². The molecule has 0 atom stereocenters. The van der Waals surface area contributed by atoms with Crippen molar-refractivity contribution in [2.24, 2.45) is 0 Å². The van der Waals surface area contributed by atoms with Gasteiger partial charge in [-0.3, -0.25) is 0 Å². The van der Waals surface area contributed by atoms with Gasteiger partial charge in [-0.05, 0) is 12.0 Å². The average Bonchev–Trinajstić information content (AvgIpc) is 2.55. The van der Waals surface area contributed by atoms with Crippen molar-refractivity contribution in [1.29, 1.82) is 0 Å². The Morgan fingerprint density at radius 3 is 1.79 bits per heavy atom. The fourth-order valence-corrected chi connectivity index (χ4v) is 3.77. The van der Waals surface area contributed by atoms with Crippen LogP contribution < -0.4 is 0 Å². The summed E-state index contributed by atoms with van der Waals surface area (Å²) >= 11 is 0. The number of hydrogen-bond donors (Lipinski definition) is 0. The van der Waals surface area contributed by atoms with Crippen molar-refractivity contribution in [2.45, 2.75) is 77.7 Å². The molecule has 0 unspecified atom stereocenters. The van der Waals surface area contributed by atoms with E-state index in [-0.39, 0.29) is 0 Å². The van der Waals surface area contributed by atoms with Crippen LogP contribution in [0.4, 0.5) is 0 Å². The van der Waals surface area contributed by atoms with Gasteiger partial charge in [0, 0.05) is 13.1 Å². The molecule has 0 spiro atoms. The lowest BCUT2D eigenvalue weighted by molar-refractivity contribution is 0.394. The van der Waals surface area contributed by atoms with Crippen LogP contribution in [0, 0.1) is 0 Å². The van der Waals surface area contributed by atoms with Crippen LogP contribution >= 0.6 is 0 Å². The Morgan fingerprint density at radius 1 is 0.792 bits per heavy atom. The first-order valence-electron chi connectivity index (χ1n) is 9.53. The van der Waals surface area contributed by atoms with Gasteiger partial charge in [-0.25, -0.2) is 8.42 Å². The Balaban J connectivity index is 2.17. The highest BCUT2D eigenvalue weighted by Gasteiger charge is 2.16. The molecular formula is C20H35NO2S. The summed E-state index contributed by atoms with van der Waals surface area (Å²) in [5, 5.41) is 0. The molecular weight excluding hydrogens is 318 g/mol. The topological polar surface area (TPSA) is 37.4 Å². The molecule has 1 rings (SSSR count). The Labute approximate surface area is 149 Å². The van der Waals surface area contributed by atoms with Crippen molar-refractivity contribution < 1.29 is 8.42 Å². The molecule has 0 saturated heterocycles. The fourth-order valence-electron chi connectivity index (χ4n) is 2.92. The van der Waals surface area contributed by atoms with Crippen molar-refractivity contribution in [2.75, 3.05) is 12.8 Å². The summed E-state index contributed by atoms with van der Waals surface area (Å²) in [6.45, 7) is 3.36. The van der Waals surface area contributed by atoms with Crippen LogP contribution in [0.2, 0.25) is 0 Å². The third kappa shape index (κ3) is 10.1. The third-order valence-corrected chi connectivity index (χ3v) is 5.68. The quantitative estimate of drug-likeness (QED) is 0.422. The first-order valence-corrected chi connectivity index (χ1v) is 11.4. The van der Waals surface area contributed by atoms with Crippen LogP contribution in [0.15, 0.2) is 30.3 Å². The molecule has 0 bridgehead atoms. The minimum atomic E-state index is -3.14. The van der Waals surface area contributed by atoms with Gasteiger partial charge in [0.2, 0.25) is 10.0 Å². The summed E-state index contributed by atoms with van der Waals surface area (Å²) < 4.78 is 25.5. The fraction of sp³-hybridized carbons (Fsp3) is 0.700. The number of sulfonamides is 1.